The van der Waals surface area contributed by atoms with E-state index in [2.05, 4.69) is 6.92 Å². The summed E-state index contributed by atoms with van der Waals surface area (Å²) in [4.78, 5) is 24.4. The standard InChI is InChI=1S/C18H32O5/c1-9-10-12-11(2)13(22-15(19)17(3,4)5)14(21-12)23-16(20)18(6,7)8/h11-14H,9-10H2,1-8H3/t11-,12?,13+,14-/m0/s1. The van der Waals surface area contributed by atoms with Crippen LogP contribution in [0.5, 0.6) is 0 Å². The van der Waals surface area contributed by atoms with Crippen molar-refractivity contribution in [3.63, 3.8) is 0 Å². The summed E-state index contributed by atoms with van der Waals surface area (Å²) >= 11 is 0. The highest BCUT2D eigenvalue weighted by atomic mass is 16.7. The normalized spacial score (nSPS) is 28.5. The van der Waals surface area contributed by atoms with Crippen molar-refractivity contribution in [1.82, 2.24) is 0 Å². The van der Waals surface area contributed by atoms with Crippen LogP contribution in [0.1, 0.15) is 68.2 Å². The lowest BCUT2D eigenvalue weighted by molar-refractivity contribution is -0.205. The first-order valence-electron chi connectivity index (χ1n) is 8.45. The Balaban J connectivity index is 2.90. The second-order valence-corrected chi connectivity index (χ2v) is 8.47. The van der Waals surface area contributed by atoms with Gasteiger partial charge in [0, 0.05) is 5.92 Å². The van der Waals surface area contributed by atoms with E-state index in [-0.39, 0.29) is 24.0 Å². The van der Waals surface area contributed by atoms with Crippen molar-refractivity contribution in [1.29, 1.82) is 0 Å². The van der Waals surface area contributed by atoms with Gasteiger partial charge in [-0.25, -0.2) is 0 Å². The molecule has 4 atom stereocenters. The molecule has 0 radical (unpaired) electrons. The van der Waals surface area contributed by atoms with Gasteiger partial charge in [0.1, 0.15) is 0 Å². The maximum absolute atomic E-state index is 12.2. The van der Waals surface area contributed by atoms with Gasteiger partial charge in [0.2, 0.25) is 6.29 Å². The van der Waals surface area contributed by atoms with Crippen LogP contribution in [-0.2, 0) is 23.8 Å². The van der Waals surface area contributed by atoms with E-state index in [1.165, 1.54) is 0 Å². The third-order valence-corrected chi connectivity index (χ3v) is 3.95. The molecular formula is C18H32O5. The van der Waals surface area contributed by atoms with Gasteiger partial charge in [-0.15, -0.1) is 0 Å². The largest absolute Gasteiger partial charge is 0.455 e. The fourth-order valence-electron chi connectivity index (χ4n) is 2.29. The SMILES string of the molecule is CCCC1O[C@@H](OC(=O)C(C)(C)C)[C@H](OC(=O)C(C)(C)C)[C@H]1C. The highest BCUT2D eigenvalue weighted by Crippen LogP contribution is 2.35. The van der Waals surface area contributed by atoms with Crippen molar-refractivity contribution >= 4 is 11.9 Å². The van der Waals surface area contributed by atoms with E-state index in [0.29, 0.717) is 0 Å². The Morgan fingerprint density at radius 1 is 0.957 bits per heavy atom. The molecule has 134 valence electrons. The molecular weight excluding hydrogens is 296 g/mol. The molecule has 0 bridgehead atoms. The summed E-state index contributed by atoms with van der Waals surface area (Å²) < 4.78 is 17.0. The zero-order valence-electron chi connectivity index (χ0n) is 15.8. The predicted octanol–water partition coefficient (Wildman–Crippen LogP) is 3.69. The Labute approximate surface area is 140 Å². The highest BCUT2D eigenvalue weighted by Gasteiger charge is 2.48. The van der Waals surface area contributed by atoms with E-state index in [0.717, 1.165) is 12.8 Å². The number of carbonyl (C=O) groups excluding carboxylic acids is 2. The molecule has 0 aromatic rings. The zero-order valence-corrected chi connectivity index (χ0v) is 15.8. The van der Waals surface area contributed by atoms with E-state index in [4.69, 9.17) is 14.2 Å². The summed E-state index contributed by atoms with van der Waals surface area (Å²) in [6, 6.07) is 0. The van der Waals surface area contributed by atoms with Crippen LogP contribution in [0.25, 0.3) is 0 Å². The van der Waals surface area contributed by atoms with E-state index >= 15 is 0 Å². The average molecular weight is 328 g/mol. The Kier molecular flexibility index (Phi) is 6.25. The lowest BCUT2D eigenvalue weighted by Crippen LogP contribution is -2.39. The highest BCUT2D eigenvalue weighted by molar-refractivity contribution is 5.76. The minimum absolute atomic E-state index is 0.0148. The zero-order chi connectivity index (χ0) is 18.0. The van der Waals surface area contributed by atoms with Gasteiger partial charge in [-0.1, -0.05) is 20.3 Å². The molecule has 23 heavy (non-hydrogen) atoms. The molecule has 0 aromatic carbocycles. The van der Waals surface area contributed by atoms with Gasteiger partial charge >= 0.3 is 11.9 Å². The second-order valence-electron chi connectivity index (χ2n) is 8.47. The van der Waals surface area contributed by atoms with E-state index in [1.807, 2.05) is 6.92 Å². The molecule has 0 N–H and O–H groups in total. The molecule has 1 saturated heterocycles. The molecule has 1 rings (SSSR count). The third kappa shape index (κ3) is 5.20. The quantitative estimate of drug-likeness (QED) is 0.736. The molecule has 0 spiro atoms. The number of hydrogen-bond donors (Lipinski definition) is 0. The number of rotatable bonds is 4. The first-order valence-corrected chi connectivity index (χ1v) is 8.45. The minimum Gasteiger partial charge on any atom is -0.455 e. The monoisotopic (exact) mass is 328 g/mol. The molecule has 1 unspecified atom stereocenters. The molecule has 5 nitrogen and oxygen atoms in total. The van der Waals surface area contributed by atoms with Gasteiger partial charge in [0.25, 0.3) is 0 Å². The van der Waals surface area contributed by atoms with E-state index in [1.54, 1.807) is 41.5 Å². The van der Waals surface area contributed by atoms with Crippen LogP contribution in [-0.4, -0.2) is 30.4 Å². The topological polar surface area (TPSA) is 61.8 Å². The number of carbonyl (C=O) groups is 2. The maximum Gasteiger partial charge on any atom is 0.313 e. The molecule has 1 aliphatic heterocycles. The number of esters is 2. The molecule has 5 heteroatoms. The average Bonchev–Trinajstić information content (AvgIpc) is 2.66. The van der Waals surface area contributed by atoms with E-state index < -0.39 is 23.2 Å². The van der Waals surface area contributed by atoms with Gasteiger partial charge in [-0.2, -0.15) is 0 Å². The summed E-state index contributed by atoms with van der Waals surface area (Å²) in [6.45, 7) is 14.8. The second kappa shape index (κ2) is 7.20. The maximum atomic E-state index is 12.2. The number of hydrogen-bond acceptors (Lipinski definition) is 5. The summed E-state index contributed by atoms with van der Waals surface area (Å²) in [5, 5.41) is 0. The summed E-state index contributed by atoms with van der Waals surface area (Å²) in [5.41, 5.74) is -1.24. The van der Waals surface area contributed by atoms with Gasteiger partial charge in [0.05, 0.1) is 16.9 Å². The van der Waals surface area contributed by atoms with E-state index in [9.17, 15) is 9.59 Å². The molecule has 1 aliphatic rings. The van der Waals surface area contributed by atoms with Crippen molar-refractivity contribution < 1.29 is 23.8 Å². The first-order chi connectivity index (χ1) is 10.4. The van der Waals surface area contributed by atoms with Crippen LogP contribution in [0, 0.1) is 16.7 Å². The van der Waals surface area contributed by atoms with Gasteiger partial charge in [-0.05, 0) is 48.0 Å². The third-order valence-electron chi connectivity index (χ3n) is 3.95. The Morgan fingerprint density at radius 3 is 1.87 bits per heavy atom. The Bertz CT molecular complexity index is 430. The van der Waals surface area contributed by atoms with Crippen molar-refractivity contribution in [2.45, 2.75) is 86.7 Å². The molecule has 0 saturated carbocycles. The molecule has 0 aromatic heterocycles. The van der Waals surface area contributed by atoms with Crippen LogP contribution in [0.2, 0.25) is 0 Å². The summed E-state index contributed by atoms with van der Waals surface area (Å²) in [6.07, 6.45) is 0.322. The smallest absolute Gasteiger partial charge is 0.313 e. The van der Waals surface area contributed by atoms with Crippen LogP contribution >= 0.6 is 0 Å². The van der Waals surface area contributed by atoms with Crippen molar-refractivity contribution in [3.8, 4) is 0 Å². The van der Waals surface area contributed by atoms with Crippen LogP contribution in [0.15, 0.2) is 0 Å². The fourth-order valence-corrected chi connectivity index (χ4v) is 2.29. The summed E-state index contributed by atoms with van der Waals surface area (Å²) in [7, 11) is 0. The summed E-state index contributed by atoms with van der Waals surface area (Å²) in [5.74, 6) is -0.686. The van der Waals surface area contributed by atoms with Gasteiger partial charge in [-0.3, -0.25) is 9.59 Å². The van der Waals surface area contributed by atoms with Gasteiger partial charge < -0.3 is 14.2 Å². The van der Waals surface area contributed by atoms with Gasteiger partial charge in [0.15, 0.2) is 6.10 Å². The lowest BCUT2D eigenvalue weighted by atomic mass is 9.95. The fraction of sp³-hybridized carbons (Fsp3) is 0.889. The number of ether oxygens (including phenoxy) is 3. The van der Waals surface area contributed by atoms with Crippen molar-refractivity contribution in [2.24, 2.45) is 16.7 Å². The lowest BCUT2D eigenvalue weighted by Gasteiger charge is -2.27. The van der Waals surface area contributed by atoms with Crippen molar-refractivity contribution in [3.05, 3.63) is 0 Å². The van der Waals surface area contributed by atoms with Crippen molar-refractivity contribution in [2.75, 3.05) is 0 Å². The molecule has 0 amide bonds. The predicted molar refractivity (Wildman–Crippen MR) is 87.6 cm³/mol. The van der Waals surface area contributed by atoms with Crippen LogP contribution < -0.4 is 0 Å². The Hall–Kier alpha value is -1.10. The molecule has 1 heterocycles. The van der Waals surface area contributed by atoms with Crippen LogP contribution in [0.4, 0.5) is 0 Å². The molecule has 1 fully saturated rings. The van der Waals surface area contributed by atoms with Crippen LogP contribution in [0.3, 0.4) is 0 Å². The molecule has 0 aliphatic carbocycles. The first kappa shape index (κ1) is 19.9. The minimum atomic E-state index is -0.834. The Morgan fingerprint density at radius 2 is 1.43 bits per heavy atom.